The molecular formula is C96H131BrLi2N6O. The number of para-hydroxylation sites is 4. The van der Waals surface area contributed by atoms with Gasteiger partial charge in [0, 0.05) is 58.0 Å². The molecular weight excluding hydrogens is 1350 g/mol. The molecule has 0 saturated carbocycles. The summed E-state index contributed by atoms with van der Waals surface area (Å²) in [6.45, 7) is 50.9. The Balaban J connectivity index is 0.000000390. The fraction of sp³-hybridized carbons (Fsp3) is 0.438. The fourth-order valence-electron chi connectivity index (χ4n) is 12.7. The van der Waals surface area contributed by atoms with Crippen LogP contribution in [0.5, 0.6) is 0 Å². The molecule has 0 aliphatic carbocycles. The number of aliphatic imine (C=N–C) groups is 1. The maximum absolute atomic E-state index is 5.37. The van der Waals surface area contributed by atoms with E-state index in [2.05, 4.69) is 354 Å². The number of benzene rings is 7. The Morgan fingerprint density at radius 3 is 1.30 bits per heavy atom. The quantitative estimate of drug-likeness (QED) is 0.0642. The van der Waals surface area contributed by atoms with Crippen molar-refractivity contribution < 1.29 is 42.5 Å². The third-order valence-corrected chi connectivity index (χ3v) is 19.3. The van der Waals surface area contributed by atoms with Crippen LogP contribution in [0, 0.1) is 12.0 Å². The molecule has 12 rings (SSSR count). The van der Waals surface area contributed by atoms with Crippen molar-refractivity contribution in [1.29, 1.82) is 0 Å². The van der Waals surface area contributed by atoms with Crippen molar-refractivity contribution in [2.24, 2.45) is 4.99 Å². The van der Waals surface area contributed by atoms with Gasteiger partial charge in [0.05, 0.1) is 40.7 Å². The maximum Gasteiger partial charge on any atom is 1.00 e. The van der Waals surface area contributed by atoms with Gasteiger partial charge in [0.15, 0.2) is 0 Å². The summed E-state index contributed by atoms with van der Waals surface area (Å²) in [6.07, 6.45) is 9.02. The van der Waals surface area contributed by atoms with Gasteiger partial charge in [-0.1, -0.05) is 270 Å². The molecule has 0 radical (unpaired) electrons. The number of nitrogens with one attached hydrogen (secondary N) is 3. The molecule has 7 aromatic carbocycles. The summed E-state index contributed by atoms with van der Waals surface area (Å²) >= 11 is 3.41. The van der Waals surface area contributed by atoms with Crippen LogP contribution in [0.4, 0.5) is 22.7 Å². The summed E-state index contributed by atoms with van der Waals surface area (Å²) in [5.74, 6) is 3.08. The zero-order valence-electron chi connectivity index (χ0n) is 68.2. The zero-order chi connectivity index (χ0) is 74.5. The predicted octanol–water partition coefficient (Wildman–Crippen LogP) is 22.0. The Labute approximate surface area is 678 Å². The average Bonchev–Trinajstić information content (AvgIpc) is 0.823. The first-order valence-corrected chi connectivity index (χ1v) is 38.5. The molecule has 2 aromatic heterocycles. The number of fused-ring (bicyclic) bond motifs is 2. The largest absolute Gasteiger partial charge is 1.00 e. The smallest absolute Gasteiger partial charge is 0.382 e. The fourth-order valence-corrected chi connectivity index (χ4v) is 13.0. The zero-order valence-corrected chi connectivity index (χ0v) is 69.8. The molecule has 3 aliphatic heterocycles. The van der Waals surface area contributed by atoms with E-state index in [9.17, 15) is 0 Å². The molecule has 3 N–H and O–H groups in total. The molecule has 1 saturated heterocycles. The number of pyridine rings is 2. The SMILES string of the molecule is C.C.C1CCOC1.CC(C)(C)c1cc[c-]cc1.CC(C)(C)c1ccc(Br)cc1.CC1CCc2cccc(-c3cccc(C(Nc4c(C(C)C)cccc4C(C)C)c4ccc(C(C)(C)C)cc4)n3)c2N1.CC1CCc2cccc(-c3cccc(C=Nc4c(C(C)C)cccc4C(C)C)n3)c2N1.C[C-](C)C.[Li+].[Li+]. The second kappa shape index (κ2) is 44.3. The van der Waals surface area contributed by atoms with Gasteiger partial charge in [-0.15, -0.1) is 0 Å². The minimum Gasteiger partial charge on any atom is -0.382 e. The van der Waals surface area contributed by atoms with Gasteiger partial charge in [-0.3, -0.25) is 9.98 Å². The van der Waals surface area contributed by atoms with Crippen molar-refractivity contribution in [2.45, 2.75) is 264 Å². The normalized spacial score (nSPS) is 14.6. The summed E-state index contributed by atoms with van der Waals surface area (Å²) in [4.78, 5) is 15.3. The molecule has 3 unspecified atom stereocenters. The molecule has 0 bridgehead atoms. The molecule has 3 atom stereocenters. The number of anilines is 3. The van der Waals surface area contributed by atoms with Crippen LogP contribution in [0.3, 0.4) is 0 Å². The summed E-state index contributed by atoms with van der Waals surface area (Å²) in [5, 5.41) is 11.5. The van der Waals surface area contributed by atoms with Crippen LogP contribution in [-0.4, -0.2) is 41.5 Å². The summed E-state index contributed by atoms with van der Waals surface area (Å²) in [7, 11) is 0. The molecule has 0 amide bonds. The number of halogens is 1. The van der Waals surface area contributed by atoms with E-state index in [1.807, 2.05) is 24.4 Å². The van der Waals surface area contributed by atoms with Crippen molar-refractivity contribution in [1.82, 2.24) is 9.97 Å². The van der Waals surface area contributed by atoms with Crippen LogP contribution in [0.15, 0.2) is 191 Å². The van der Waals surface area contributed by atoms with E-state index < -0.39 is 0 Å². The van der Waals surface area contributed by atoms with E-state index >= 15 is 0 Å². The van der Waals surface area contributed by atoms with Gasteiger partial charge in [-0.2, -0.15) is 56.7 Å². The van der Waals surface area contributed by atoms with E-state index in [1.54, 1.807) is 0 Å². The van der Waals surface area contributed by atoms with Gasteiger partial charge in [0.2, 0.25) is 0 Å². The first kappa shape index (κ1) is 93.7. The number of hydrogen-bond acceptors (Lipinski definition) is 7. The van der Waals surface area contributed by atoms with E-state index in [1.165, 1.54) is 109 Å². The van der Waals surface area contributed by atoms with Gasteiger partial charge in [0.1, 0.15) is 0 Å². The minimum absolute atomic E-state index is 0. The number of aromatic nitrogens is 2. The van der Waals surface area contributed by atoms with E-state index in [-0.39, 0.29) is 74.9 Å². The van der Waals surface area contributed by atoms with Crippen molar-refractivity contribution in [2.75, 3.05) is 29.2 Å². The van der Waals surface area contributed by atoms with E-state index in [0.29, 0.717) is 35.8 Å². The number of hydrogen-bond donors (Lipinski definition) is 3. The Kier molecular flexibility index (Phi) is 39.1. The van der Waals surface area contributed by atoms with Crippen molar-refractivity contribution in [3.05, 3.63) is 265 Å². The first-order chi connectivity index (χ1) is 48.3. The summed E-state index contributed by atoms with van der Waals surface area (Å²) in [6, 6.07) is 68.8. The molecule has 9 aromatic rings. The van der Waals surface area contributed by atoms with Crippen LogP contribution >= 0.6 is 15.9 Å². The number of aryl methyl sites for hydroxylation is 2. The van der Waals surface area contributed by atoms with Gasteiger partial charge in [-0.05, 0) is 179 Å². The molecule has 7 nitrogen and oxygen atoms in total. The van der Waals surface area contributed by atoms with Crippen molar-refractivity contribution in [3.8, 4) is 22.5 Å². The van der Waals surface area contributed by atoms with Crippen molar-refractivity contribution in [3.63, 3.8) is 0 Å². The second-order valence-electron chi connectivity index (χ2n) is 32.8. The topological polar surface area (TPSA) is 83.5 Å². The second-order valence-corrected chi connectivity index (χ2v) is 33.7. The Morgan fingerprint density at radius 1 is 0.509 bits per heavy atom. The summed E-state index contributed by atoms with van der Waals surface area (Å²) in [5.41, 5.74) is 25.0. The van der Waals surface area contributed by atoms with E-state index in [0.717, 1.165) is 65.4 Å². The van der Waals surface area contributed by atoms with Crippen LogP contribution < -0.4 is 53.7 Å². The molecule has 560 valence electrons. The third-order valence-electron chi connectivity index (χ3n) is 18.7. The number of nitrogens with zero attached hydrogens (tertiary/aromatic N) is 3. The van der Waals surface area contributed by atoms with E-state index in [4.69, 9.17) is 19.7 Å². The van der Waals surface area contributed by atoms with Gasteiger partial charge >= 0.3 is 37.7 Å². The Morgan fingerprint density at radius 2 is 0.896 bits per heavy atom. The van der Waals surface area contributed by atoms with Gasteiger partial charge in [-0.25, -0.2) is 4.98 Å². The molecule has 1 fully saturated rings. The Bertz CT molecular complexity index is 4000. The van der Waals surface area contributed by atoms with Crippen LogP contribution in [0.2, 0.25) is 0 Å². The van der Waals surface area contributed by atoms with Crippen LogP contribution in [-0.2, 0) is 33.8 Å². The van der Waals surface area contributed by atoms with Crippen LogP contribution in [0.25, 0.3) is 22.5 Å². The minimum atomic E-state index is -0.0900. The third kappa shape index (κ3) is 28.2. The average molecular weight is 1480 g/mol. The molecule has 0 spiro atoms. The number of rotatable bonds is 12. The Hall–Kier alpha value is -6.46. The number of ether oxygens (including phenoxy) is 1. The monoisotopic (exact) mass is 1480 g/mol. The maximum atomic E-state index is 5.37. The predicted molar refractivity (Wildman–Crippen MR) is 460 cm³/mol. The first-order valence-electron chi connectivity index (χ1n) is 37.8. The molecule has 10 heteroatoms. The molecule has 3 aliphatic rings. The van der Waals surface area contributed by atoms with Gasteiger partial charge in [0.25, 0.3) is 0 Å². The molecule has 5 heterocycles. The van der Waals surface area contributed by atoms with Gasteiger partial charge < -0.3 is 26.6 Å². The van der Waals surface area contributed by atoms with Crippen LogP contribution in [0.1, 0.15) is 290 Å². The standard InChI is InChI=1S/C38H47N3.C28H33N3.C10H13Br.C10H13.C4H8O.C4H9.2CH4.2Li/c1-24(2)30-13-10-14-31(25(3)4)37(30)41-36(28-20-22-29(23-21-28)38(6,7)8)34-17-11-16-33(40-34)32-15-9-12-27-19-18-26(5)39-35(27)32;1-18(2)23-11-8-12-24(19(3)4)28(23)29-17-22-10-7-14-26(31-22)25-13-6-9-21-16-15-20(5)30-27(21)25;1-10(2,3)8-4-6-9(11)7-5-8;1-10(2,3)9-7-5-4-6-8-9;1-2-4-5-3-1;1-4(2)3;;;;/h9-17,20-26,36,39,41H,18-19H2,1-8H3;6-14,17-20,30H,15-16H2,1-5H3;4-7H,1-3H3;5-8H,1-3H3;1-4H2;1-3H3;2*1H4;;/q;;;-1;;-1;;;2*+1. The molecule has 106 heavy (non-hydrogen) atoms. The summed E-state index contributed by atoms with van der Waals surface area (Å²) < 4.78 is 6.09. The van der Waals surface area contributed by atoms with Crippen molar-refractivity contribution >= 4 is 44.9 Å².